The molecule has 156 valence electrons. The summed E-state index contributed by atoms with van der Waals surface area (Å²) in [6.07, 6.45) is 0. The Morgan fingerprint density at radius 1 is 1.07 bits per heavy atom. The van der Waals surface area contributed by atoms with Crippen LogP contribution in [0.1, 0.15) is 21.6 Å². The van der Waals surface area contributed by atoms with E-state index in [1.165, 1.54) is 17.7 Å². The van der Waals surface area contributed by atoms with Crippen LogP contribution in [0, 0.1) is 5.82 Å². The van der Waals surface area contributed by atoms with E-state index in [1.54, 1.807) is 18.2 Å². The lowest BCUT2D eigenvalue weighted by Crippen LogP contribution is -2.43. The maximum Gasteiger partial charge on any atom is 0.273 e. The molecule has 0 aliphatic carbocycles. The Hall–Kier alpha value is -3.03. The van der Waals surface area contributed by atoms with Crippen molar-refractivity contribution in [2.45, 2.75) is 13.1 Å². The molecule has 30 heavy (non-hydrogen) atoms. The molecule has 0 saturated carbocycles. The highest BCUT2D eigenvalue weighted by Crippen LogP contribution is 2.23. The van der Waals surface area contributed by atoms with Crippen LogP contribution < -0.4 is 5.32 Å². The van der Waals surface area contributed by atoms with Crippen LogP contribution in [-0.2, 0) is 13.1 Å². The van der Waals surface area contributed by atoms with E-state index < -0.39 is 5.82 Å². The van der Waals surface area contributed by atoms with Crippen molar-refractivity contribution in [1.82, 2.24) is 20.3 Å². The molecule has 3 aromatic rings. The lowest BCUT2D eigenvalue weighted by Gasteiger charge is -2.32. The van der Waals surface area contributed by atoms with Crippen molar-refractivity contribution in [3.05, 3.63) is 77.2 Å². The first-order valence-electron chi connectivity index (χ1n) is 10.1. The van der Waals surface area contributed by atoms with Crippen molar-refractivity contribution in [1.29, 1.82) is 0 Å². The highest BCUT2D eigenvalue weighted by molar-refractivity contribution is 5.93. The molecule has 0 unspecified atom stereocenters. The molecule has 1 aliphatic heterocycles. The molecule has 7 heteroatoms. The summed E-state index contributed by atoms with van der Waals surface area (Å²) < 4.78 is 19.0. The number of carbonyl (C=O) groups is 1. The number of hydrogen-bond donors (Lipinski definition) is 1. The molecular formula is C23H25FN4O2. The van der Waals surface area contributed by atoms with E-state index in [0.717, 1.165) is 38.3 Å². The first-order chi connectivity index (χ1) is 14.6. The number of aromatic nitrogens is 1. The van der Waals surface area contributed by atoms with E-state index in [2.05, 4.69) is 39.5 Å². The number of halogens is 1. The molecule has 0 spiro atoms. The van der Waals surface area contributed by atoms with Crippen LogP contribution in [0.2, 0.25) is 0 Å². The fourth-order valence-electron chi connectivity index (χ4n) is 3.55. The maximum absolute atomic E-state index is 13.9. The van der Waals surface area contributed by atoms with Gasteiger partial charge in [-0.15, -0.1) is 0 Å². The van der Waals surface area contributed by atoms with Crippen molar-refractivity contribution in [3.63, 3.8) is 0 Å². The molecule has 0 radical (unpaired) electrons. The van der Waals surface area contributed by atoms with Crippen LogP contribution in [-0.4, -0.2) is 54.1 Å². The summed E-state index contributed by atoms with van der Waals surface area (Å²) in [5.74, 6) is -0.545. The van der Waals surface area contributed by atoms with Crippen LogP contribution in [0.4, 0.5) is 4.39 Å². The van der Waals surface area contributed by atoms with Gasteiger partial charge in [0, 0.05) is 45.3 Å². The van der Waals surface area contributed by atoms with Gasteiger partial charge in [-0.05, 0) is 30.3 Å². The molecule has 0 atom stereocenters. The quantitative estimate of drug-likeness (QED) is 0.679. The second-order valence-corrected chi connectivity index (χ2v) is 7.64. The lowest BCUT2D eigenvalue weighted by atomic mass is 10.1. The number of carbonyl (C=O) groups excluding carboxylic acids is 1. The largest absolute Gasteiger partial charge is 0.355 e. The molecule has 1 N–H and O–H groups in total. The molecule has 1 amide bonds. The third kappa shape index (κ3) is 4.93. The number of nitrogens with zero attached hydrogens (tertiary/aromatic N) is 3. The summed E-state index contributed by atoms with van der Waals surface area (Å²) in [6, 6.07) is 15.9. The van der Waals surface area contributed by atoms with E-state index in [4.69, 9.17) is 4.52 Å². The normalized spacial score (nSPS) is 15.3. The van der Waals surface area contributed by atoms with Gasteiger partial charge in [-0.1, -0.05) is 41.6 Å². The fraction of sp³-hybridized carbons (Fsp3) is 0.304. The van der Waals surface area contributed by atoms with Gasteiger partial charge in [0.15, 0.2) is 11.5 Å². The highest BCUT2D eigenvalue weighted by Gasteiger charge is 2.16. The van der Waals surface area contributed by atoms with E-state index in [0.29, 0.717) is 6.54 Å². The summed E-state index contributed by atoms with van der Waals surface area (Å²) in [5, 5.41) is 6.64. The Morgan fingerprint density at radius 3 is 2.63 bits per heavy atom. The standard InChI is InChI=1S/C23H25FN4O2/c1-27-9-11-28(12-10-27)16-18-6-4-5-17(13-18)15-25-23(29)21-14-22(30-26-21)19-7-2-3-8-20(19)24/h2-8,13-14H,9-12,15-16H2,1H3,(H,25,29). The number of benzene rings is 2. The van der Waals surface area contributed by atoms with Gasteiger partial charge in [0.25, 0.3) is 5.91 Å². The molecule has 1 aromatic heterocycles. The molecule has 1 fully saturated rings. The number of nitrogens with one attached hydrogen (secondary N) is 1. The molecule has 2 heterocycles. The summed E-state index contributed by atoms with van der Waals surface area (Å²) in [6.45, 7) is 5.59. The number of amides is 1. The fourth-order valence-corrected chi connectivity index (χ4v) is 3.55. The van der Waals surface area contributed by atoms with Crippen molar-refractivity contribution >= 4 is 5.91 Å². The van der Waals surface area contributed by atoms with E-state index in [9.17, 15) is 9.18 Å². The predicted octanol–water partition coefficient (Wildman–Crippen LogP) is 3.16. The lowest BCUT2D eigenvalue weighted by molar-refractivity contribution is 0.0942. The van der Waals surface area contributed by atoms with Gasteiger partial charge in [0.05, 0.1) is 5.56 Å². The molecule has 2 aromatic carbocycles. The van der Waals surface area contributed by atoms with E-state index in [-0.39, 0.29) is 22.9 Å². The zero-order valence-corrected chi connectivity index (χ0v) is 17.0. The number of hydrogen-bond acceptors (Lipinski definition) is 5. The van der Waals surface area contributed by atoms with Gasteiger partial charge < -0.3 is 14.7 Å². The number of piperazine rings is 1. The second kappa shape index (κ2) is 9.19. The third-order valence-electron chi connectivity index (χ3n) is 5.33. The molecule has 4 rings (SSSR count). The minimum Gasteiger partial charge on any atom is -0.355 e. The summed E-state index contributed by atoms with van der Waals surface area (Å²) in [7, 11) is 2.15. The molecule has 6 nitrogen and oxygen atoms in total. The average molecular weight is 408 g/mol. The SMILES string of the molecule is CN1CCN(Cc2cccc(CNC(=O)c3cc(-c4ccccc4F)on3)c2)CC1. The van der Waals surface area contributed by atoms with Crippen molar-refractivity contribution < 1.29 is 13.7 Å². The van der Waals surface area contributed by atoms with Gasteiger partial charge in [-0.25, -0.2) is 4.39 Å². The van der Waals surface area contributed by atoms with Gasteiger partial charge in [-0.3, -0.25) is 9.69 Å². The molecule has 1 saturated heterocycles. The number of rotatable bonds is 6. The summed E-state index contributed by atoms with van der Waals surface area (Å²) in [4.78, 5) is 17.2. The van der Waals surface area contributed by atoms with Gasteiger partial charge in [0.1, 0.15) is 5.82 Å². The maximum atomic E-state index is 13.9. The minimum atomic E-state index is -0.419. The van der Waals surface area contributed by atoms with Gasteiger partial charge in [0.2, 0.25) is 0 Å². The van der Waals surface area contributed by atoms with Crippen molar-refractivity contribution in [2.24, 2.45) is 0 Å². The summed E-state index contributed by atoms with van der Waals surface area (Å²) in [5.41, 5.74) is 2.66. The zero-order chi connectivity index (χ0) is 20.9. The number of likely N-dealkylation sites (N-methyl/N-ethyl adjacent to an activating group) is 1. The molecular weight excluding hydrogens is 383 g/mol. The van der Waals surface area contributed by atoms with Crippen LogP contribution in [0.5, 0.6) is 0 Å². The molecule has 1 aliphatic rings. The Kier molecular flexibility index (Phi) is 6.21. The first kappa shape index (κ1) is 20.3. The minimum absolute atomic E-state index is 0.127. The predicted molar refractivity (Wildman–Crippen MR) is 112 cm³/mol. The first-order valence-corrected chi connectivity index (χ1v) is 10.1. The van der Waals surface area contributed by atoms with Crippen LogP contribution in [0.25, 0.3) is 11.3 Å². The van der Waals surface area contributed by atoms with E-state index >= 15 is 0 Å². The smallest absolute Gasteiger partial charge is 0.273 e. The average Bonchev–Trinajstić information content (AvgIpc) is 3.24. The van der Waals surface area contributed by atoms with Gasteiger partial charge >= 0.3 is 0 Å². The zero-order valence-electron chi connectivity index (χ0n) is 17.0. The Bertz CT molecular complexity index is 1010. The monoisotopic (exact) mass is 408 g/mol. The Morgan fingerprint density at radius 2 is 1.83 bits per heavy atom. The van der Waals surface area contributed by atoms with Crippen LogP contribution in [0.3, 0.4) is 0 Å². The highest BCUT2D eigenvalue weighted by atomic mass is 19.1. The van der Waals surface area contributed by atoms with Crippen molar-refractivity contribution in [2.75, 3.05) is 33.2 Å². The Balaban J connectivity index is 1.35. The topological polar surface area (TPSA) is 61.6 Å². The third-order valence-corrected chi connectivity index (χ3v) is 5.33. The Labute approximate surface area is 175 Å². The molecule has 0 bridgehead atoms. The van der Waals surface area contributed by atoms with Crippen LogP contribution in [0.15, 0.2) is 59.1 Å². The van der Waals surface area contributed by atoms with Crippen molar-refractivity contribution in [3.8, 4) is 11.3 Å². The van der Waals surface area contributed by atoms with Gasteiger partial charge in [-0.2, -0.15) is 0 Å². The van der Waals surface area contributed by atoms with Crippen LogP contribution >= 0.6 is 0 Å². The second-order valence-electron chi connectivity index (χ2n) is 7.64. The van der Waals surface area contributed by atoms with E-state index in [1.807, 2.05) is 12.1 Å². The summed E-state index contributed by atoms with van der Waals surface area (Å²) >= 11 is 0.